The second-order valence-electron chi connectivity index (χ2n) is 6.63. The van der Waals surface area contributed by atoms with Crippen molar-refractivity contribution in [1.82, 2.24) is 50.9 Å². The first kappa shape index (κ1) is 23.8. The highest BCUT2D eigenvalue weighted by Gasteiger charge is 2.07. The Morgan fingerprint density at radius 3 is 2.03 bits per heavy atom. The molecule has 0 spiro atoms. The van der Waals surface area contributed by atoms with Crippen molar-refractivity contribution in [2.75, 3.05) is 0 Å². The van der Waals surface area contributed by atoms with Gasteiger partial charge in [0, 0.05) is 18.8 Å². The van der Waals surface area contributed by atoms with Gasteiger partial charge in [0.05, 0.1) is 24.9 Å². The Balaban J connectivity index is 0.000000212. The molecule has 0 aromatic carbocycles. The van der Waals surface area contributed by atoms with Gasteiger partial charge in [-0.05, 0) is 31.2 Å². The first-order chi connectivity index (χ1) is 16.5. The lowest BCUT2D eigenvalue weighted by atomic mass is 10.3. The predicted octanol–water partition coefficient (Wildman–Crippen LogP) is 1.05. The van der Waals surface area contributed by atoms with Gasteiger partial charge in [0.2, 0.25) is 11.7 Å². The van der Waals surface area contributed by atoms with Crippen molar-refractivity contribution in [3.8, 4) is 22.9 Å². The average molecular weight is 460 g/mol. The van der Waals surface area contributed by atoms with E-state index in [0.29, 0.717) is 34.6 Å². The van der Waals surface area contributed by atoms with E-state index < -0.39 is 5.97 Å². The number of rotatable bonds is 7. The fraction of sp³-hybridized carbons (Fsp3) is 0.190. The summed E-state index contributed by atoms with van der Waals surface area (Å²) in [4.78, 5) is 34.0. The quantitative estimate of drug-likeness (QED) is 0.400. The molecule has 4 aromatic heterocycles. The third-order valence-electron chi connectivity index (χ3n) is 4.02. The van der Waals surface area contributed by atoms with Crippen LogP contribution < -0.4 is 5.32 Å². The highest BCUT2D eigenvalue weighted by molar-refractivity contribution is 5.80. The van der Waals surface area contributed by atoms with E-state index >= 15 is 0 Å². The minimum Gasteiger partial charge on any atom is -0.481 e. The summed E-state index contributed by atoms with van der Waals surface area (Å²) in [6, 6.07) is 10.9. The lowest BCUT2D eigenvalue weighted by Crippen LogP contribution is -2.24. The van der Waals surface area contributed by atoms with Crippen molar-refractivity contribution in [2.45, 2.75) is 26.3 Å². The molecule has 0 aliphatic rings. The highest BCUT2D eigenvalue weighted by Crippen LogP contribution is 2.10. The van der Waals surface area contributed by atoms with Gasteiger partial charge in [0.1, 0.15) is 11.4 Å². The monoisotopic (exact) mass is 460 g/mol. The van der Waals surface area contributed by atoms with Crippen molar-refractivity contribution in [2.24, 2.45) is 0 Å². The molecule has 1 amide bonds. The van der Waals surface area contributed by atoms with Gasteiger partial charge in [0.15, 0.2) is 11.6 Å². The van der Waals surface area contributed by atoms with Crippen LogP contribution in [0.1, 0.15) is 24.5 Å². The summed E-state index contributed by atoms with van der Waals surface area (Å²) in [6.45, 7) is 1.84. The molecule has 2 N–H and O–H groups in total. The number of hydrogen-bond acceptors (Lipinski definition) is 11. The molecule has 0 radical (unpaired) electrons. The Hall–Kier alpha value is -4.81. The van der Waals surface area contributed by atoms with Crippen LogP contribution >= 0.6 is 0 Å². The molecular formula is C21H20N10O3. The number of carbonyl (C=O) groups is 2. The average Bonchev–Trinajstić information content (AvgIpc) is 2.88. The first-order valence-corrected chi connectivity index (χ1v) is 10.0. The van der Waals surface area contributed by atoms with Crippen molar-refractivity contribution < 1.29 is 14.7 Å². The minimum absolute atomic E-state index is 0.0746. The molecule has 0 atom stereocenters. The molecular weight excluding hydrogens is 440 g/mol. The number of carboxylic acids is 1. The van der Waals surface area contributed by atoms with E-state index in [4.69, 9.17) is 5.11 Å². The molecule has 172 valence electrons. The Bertz CT molecular complexity index is 1190. The molecule has 4 aromatic rings. The maximum absolute atomic E-state index is 11.3. The molecule has 0 aliphatic carbocycles. The van der Waals surface area contributed by atoms with Crippen molar-refractivity contribution in [3.63, 3.8) is 0 Å². The van der Waals surface area contributed by atoms with Gasteiger partial charge in [-0.15, -0.1) is 30.6 Å². The molecule has 0 saturated carbocycles. The van der Waals surface area contributed by atoms with E-state index in [-0.39, 0.29) is 25.3 Å². The van der Waals surface area contributed by atoms with Gasteiger partial charge in [0.25, 0.3) is 0 Å². The molecule has 13 heteroatoms. The van der Waals surface area contributed by atoms with Crippen LogP contribution in [0.3, 0.4) is 0 Å². The van der Waals surface area contributed by atoms with E-state index in [2.05, 4.69) is 50.9 Å². The van der Waals surface area contributed by atoms with E-state index in [0.717, 1.165) is 0 Å². The summed E-state index contributed by atoms with van der Waals surface area (Å²) in [5.41, 5.74) is 1.88. The largest absolute Gasteiger partial charge is 0.481 e. The molecule has 0 bridgehead atoms. The normalized spacial score (nSPS) is 10.0. The predicted molar refractivity (Wildman–Crippen MR) is 117 cm³/mol. The summed E-state index contributed by atoms with van der Waals surface area (Å²) < 4.78 is 0. The summed E-state index contributed by atoms with van der Waals surface area (Å²) in [6.07, 6.45) is 4.57. The summed E-state index contributed by atoms with van der Waals surface area (Å²) >= 11 is 0. The smallest absolute Gasteiger partial charge is 0.303 e. The summed E-state index contributed by atoms with van der Waals surface area (Å²) in [5, 5.41) is 34.2. The first-order valence-electron chi connectivity index (χ1n) is 10.0. The Kier molecular flexibility index (Phi) is 8.61. The molecule has 0 unspecified atom stereocenters. The Morgan fingerprint density at radius 2 is 1.47 bits per heavy atom. The molecule has 4 heterocycles. The second kappa shape index (κ2) is 12.3. The Labute approximate surface area is 193 Å². The number of aliphatic carboxylic acids is 1. The molecule has 0 fully saturated rings. The number of aryl methyl sites for hydroxylation is 1. The summed E-state index contributed by atoms with van der Waals surface area (Å²) in [5.74, 6) is -0.0261. The van der Waals surface area contributed by atoms with Gasteiger partial charge < -0.3 is 10.4 Å². The zero-order chi connectivity index (χ0) is 24.2. The number of carbonyl (C=O) groups excluding carboxylic acids is 1. The summed E-state index contributed by atoms with van der Waals surface area (Å²) in [7, 11) is 0. The standard InChI is InChI=1S/C13H13N5O3.C8H7N5/c19-12(4-5-13(20)21)16-8-11-15-7-10(17-18-11)9-3-1-2-6-14-9;1-6-10-12-8(13-11-6)7-4-2-3-5-9-7/h1-3,6-7H,4-5,8H2,(H,16,19)(H,20,21);2-5H,1H3. The van der Waals surface area contributed by atoms with E-state index in [1.807, 2.05) is 24.3 Å². The number of nitrogens with one attached hydrogen (secondary N) is 1. The van der Waals surface area contributed by atoms with Crippen LogP contribution in [0.5, 0.6) is 0 Å². The molecule has 13 nitrogen and oxygen atoms in total. The van der Waals surface area contributed by atoms with Crippen molar-refractivity contribution >= 4 is 11.9 Å². The minimum atomic E-state index is -1.01. The lowest BCUT2D eigenvalue weighted by Gasteiger charge is -2.03. The van der Waals surface area contributed by atoms with Gasteiger partial charge in [-0.2, -0.15) is 0 Å². The van der Waals surface area contributed by atoms with Crippen molar-refractivity contribution in [3.05, 3.63) is 66.6 Å². The zero-order valence-electron chi connectivity index (χ0n) is 18.1. The number of hydrogen-bond donors (Lipinski definition) is 2. The van der Waals surface area contributed by atoms with Crippen LogP contribution in [0.15, 0.2) is 55.0 Å². The van der Waals surface area contributed by atoms with Crippen LogP contribution in [0.25, 0.3) is 22.9 Å². The highest BCUT2D eigenvalue weighted by atomic mass is 16.4. The molecule has 34 heavy (non-hydrogen) atoms. The fourth-order valence-electron chi connectivity index (χ4n) is 2.37. The van der Waals surface area contributed by atoms with Crippen LogP contribution in [-0.2, 0) is 16.1 Å². The van der Waals surface area contributed by atoms with Crippen LogP contribution in [0.2, 0.25) is 0 Å². The van der Waals surface area contributed by atoms with Gasteiger partial charge >= 0.3 is 5.97 Å². The van der Waals surface area contributed by atoms with Crippen LogP contribution in [-0.4, -0.2) is 62.5 Å². The van der Waals surface area contributed by atoms with Crippen molar-refractivity contribution in [1.29, 1.82) is 0 Å². The SMILES string of the molecule is Cc1nnc(-c2ccccn2)nn1.O=C(O)CCC(=O)NCc1ncc(-c2ccccn2)nn1. The maximum atomic E-state index is 11.3. The zero-order valence-corrected chi connectivity index (χ0v) is 18.1. The van der Waals surface area contributed by atoms with E-state index in [1.54, 1.807) is 31.5 Å². The second-order valence-corrected chi connectivity index (χ2v) is 6.63. The molecule has 0 saturated heterocycles. The molecule has 4 rings (SSSR count). The third-order valence-corrected chi connectivity index (χ3v) is 4.02. The van der Waals surface area contributed by atoms with Gasteiger partial charge in [-0.25, -0.2) is 4.98 Å². The molecule has 0 aliphatic heterocycles. The number of aromatic nitrogens is 9. The van der Waals surface area contributed by atoms with Gasteiger partial charge in [-0.3, -0.25) is 19.6 Å². The third kappa shape index (κ3) is 7.71. The fourth-order valence-corrected chi connectivity index (χ4v) is 2.37. The van der Waals surface area contributed by atoms with E-state index in [1.165, 1.54) is 6.20 Å². The van der Waals surface area contributed by atoms with Crippen LogP contribution in [0, 0.1) is 6.92 Å². The Morgan fingerprint density at radius 1 is 0.794 bits per heavy atom. The lowest BCUT2D eigenvalue weighted by molar-refractivity contribution is -0.138. The topological polar surface area (TPSA) is 182 Å². The maximum Gasteiger partial charge on any atom is 0.303 e. The number of nitrogens with zero attached hydrogens (tertiary/aromatic N) is 9. The van der Waals surface area contributed by atoms with Gasteiger partial charge in [-0.1, -0.05) is 12.1 Å². The number of amides is 1. The van der Waals surface area contributed by atoms with Crippen LogP contribution in [0.4, 0.5) is 0 Å². The number of pyridine rings is 2. The van der Waals surface area contributed by atoms with E-state index in [9.17, 15) is 9.59 Å². The number of carboxylic acid groups (broad SMARTS) is 1.